The van der Waals surface area contributed by atoms with E-state index in [1.54, 1.807) is 13.0 Å². The smallest absolute Gasteiger partial charge is 0.433 e. The maximum atomic E-state index is 12.9. The largest absolute Gasteiger partial charge is 0.491 e. The van der Waals surface area contributed by atoms with Crippen LogP contribution in [-0.4, -0.2) is 53.3 Å². The maximum Gasteiger partial charge on any atom is 0.433 e. The van der Waals surface area contributed by atoms with Crippen molar-refractivity contribution in [3.63, 3.8) is 0 Å². The molecule has 0 atom stereocenters. The Morgan fingerprint density at radius 3 is 2.65 bits per heavy atom. The lowest BCUT2D eigenvalue weighted by atomic mass is 10.1. The number of anilines is 1. The van der Waals surface area contributed by atoms with E-state index >= 15 is 0 Å². The number of alkyl halides is 3. The number of amides is 1. The molecule has 34 heavy (non-hydrogen) atoms. The lowest BCUT2D eigenvalue weighted by molar-refractivity contribution is -0.141. The summed E-state index contributed by atoms with van der Waals surface area (Å²) >= 11 is 0. The Morgan fingerprint density at radius 2 is 1.94 bits per heavy atom. The van der Waals surface area contributed by atoms with Crippen LogP contribution < -0.4 is 10.1 Å². The number of ether oxygens (including phenoxy) is 3. The van der Waals surface area contributed by atoms with Crippen LogP contribution in [0, 0.1) is 0 Å². The average Bonchev–Trinajstić information content (AvgIpc) is 3.29. The van der Waals surface area contributed by atoms with Crippen LogP contribution in [0.1, 0.15) is 33.5 Å². The van der Waals surface area contributed by atoms with Gasteiger partial charge in [-0.1, -0.05) is 0 Å². The molecule has 2 aromatic heterocycles. The quantitative estimate of drug-likeness (QED) is 0.369. The molecule has 1 amide bonds. The molecular formula is C22H21F3N4O5. The molecular weight excluding hydrogens is 457 g/mol. The number of halogens is 3. The number of carbonyl (C=O) groups excluding carboxylic acids is 2. The average molecular weight is 478 g/mol. The van der Waals surface area contributed by atoms with E-state index < -0.39 is 23.7 Å². The zero-order valence-electron chi connectivity index (χ0n) is 18.3. The van der Waals surface area contributed by atoms with Gasteiger partial charge in [-0.25, -0.2) is 9.78 Å². The van der Waals surface area contributed by atoms with Crippen LogP contribution in [0.2, 0.25) is 0 Å². The van der Waals surface area contributed by atoms with Gasteiger partial charge in [-0.2, -0.15) is 13.2 Å². The molecule has 12 heteroatoms. The van der Waals surface area contributed by atoms with E-state index in [4.69, 9.17) is 14.2 Å². The van der Waals surface area contributed by atoms with E-state index in [0.717, 1.165) is 12.3 Å². The van der Waals surface area contributed by atoms with Gasteiger partial charge in [-0.3, -0.25) is 14.3 Å². The summed E-state index contributed by atoms with van der Waals surface area (Å²) in [6.07, 6.45) is -1.04. The number of hydrogen-bond donors (Lipinski definition) is 1. The number of nitrogens with zero attached hydrogens (tertiary/aromatic N) is 3. The molecule has 0 bridgehead atoms. The van der Waals surface area contributed by atoms with Crippen molar-refractivity contribution in [2.45, 2.75) is 13.1 Å². The number of hydrogen-bond acceptors (Lipinski definition) is 7. The van der Waals surface area contributed by atoms with Gasteiger partial charge in [0, 0.05) is 30.6 Å². The van der Waals surface area contributed by atoms with Gasteiger partial charge < -0.3 is 19.5 Å². The zero-order valence-corrected chi connectivity index (χ0v) is 18.3. The fourth-order valence-electron chi connectivity index (χ4n) is 2.90. The van der Waals surface area contributed by atoms with Crippen molar-refractivity contribution in [1.82, 2.24) is 14.5 Å². The Hall–Kier alpha value is -3.93. The lowest BCUT2D eigenvalue weighted by Gasteiger charge is -2.14. The molecule has 0 saturated heterocycles. The van der Waals surface area contributed by atoms with Crippen LogP contribution in [-0.2, 0) is 15.7 Å². The number of benzene rings is 1. The summed E-state index contributed by atoms with van der Waals surface area (Å²) in [5, 5.41) is 2.42. The Kier molecular flexibility index (Phi) is 7.84. The third-order valence-corrected chi connectivity index (χ3v) is 4.42. The van der Waals surface area contributed by atoms with E-state index in [1.165, 1.54) is 42.4 Å². The molecule has 0 saturated carbocycles. The maximum absolute atomic E-state index is 12.9. The van der Waals surface area contributed by atoms with Gasteiger partial charge in [0.2, 0.25) is 0 Å². The van der Waals surface area contributed by atoms with Crippen molar-refractivity contribution in [3.05, 3.63) is 66.0 Å². The fraction of sp³-hybridized carbons (Fsp3) is 0.273. The van der Waals surface area contributed by atoms with Crippen LogP contribution in [0.15, 0.2) is 49.1 Å². The molecule has 1 aromatic carbocycles. The van der Waals surface area contributed by atoms with Gasteiger partial charge in [-0.05, 0) is 31.2 Å². The van der Waals surface area contributed by atoms with Gasteiger partial charge in [0.1, 0.15) is 18.1 Å². The fourth-order valence-corrected chi connectivity index (χ4v) is 2.90. The van der Waals surface area contributed by atoms with Gasteiger partial charge in [0.25, 0.3) is 5.91 Å². The predicted octanol–water partition coefficient (Wildman–Crippen LogP) is 3.74. The van der Waals surface area contributed by atoms with E-state index in [9.17, 15) is 22.8 Å². The second kappa shape index (κ2) is 10.8. The molecule has 0 radical (unpaired) electrons. The molecule has 180 valence electrons. The molecule has 0 aliphatic rings. The van der Waals surface area contributed by atoms with E-state index in [0.29, 0.717) is 5.69 Å². The normalized spacial score (nSPS) is 11.2. The first-order valence-electron chi connectivity index (χ1n) is 10.0. The van der Waals surface area contributed by atoms with Crippen LogP contribution in [0.25, 0.3) is 5.69 Å². The third-order valence-electron chi connectivity index (χ3n) is 4.42. The first-order chi connectivity index (χ1) is 16.2. The van der Waals surface area contributed by atoms with Gasteiger partial charge in [0.05, 0.1) is 31.4 Å². The number of methoxy groups -OCH3 is 1. The summed E-state index contributed by atoms with van der Waals surface area (Å²) in [5.74, 6) is -1.04. The van der Waals surface area contributed by atoms with Crippen molar-refractivity contribution in [2.75, 3.05) is 32.2 Å². The van der Waals surface area contributed by atoms with Crippen molar-refractivity contribution in [2.24, 2.45) is 0 Å². The van der Waals surface area contributed by atoms with Crippen molar-refractivity contribution >= 4 is 17.6 Å². The second-order valence-electron chi connectivity index (χ2n) is 6.81. The van der Waals surface area contributed by atoms with Crippen molar-refractivity contribution in [3.8, 4) is 11.4 Å². The topological polar surface area (TPSA) is 105 Å². The summed E-state index contributed by atoms with van der Waals surface area (Å²) in [6, 6.07) is 6.40. The van der Waals surface area contributed by atoms with Crippen LogP contribution in [0.3, 0.4) is 0 Å². The van der Waals surface area contributed by atoms with Crippen LogP contribution >= 0.6 is 0 Å². The molecule has 3 rings (SSSR count). The van der Waals surface area contributed by atoms with E-state index in [-0.39, 0.29) is 42.5 Å². The number of aromatic nitrogens is 3. The summed E-state index contributed by atoms with van der Waals surface area (Å²) in [6.45, 7) is 2.27. The highest BCUT2D eigenvalue weighted by Crippen LogP contribution is 2.29. The minimum absolute atomic E-state index is 0.0683. The molecule has 0 spiro atoms. The standard InChI is InChI=1S/C22H21F3N4O5/c1-3-33-21(31)18-12-26-13-29(18)16-8-14(9-17(11-16)34-7-6-32-2)20(30)28-15-4-5-27-19(10-15)22(23,24)25/h4-5,8-13H,3,6-7H2,1-2H3,(H,27,28,30). The minimum atomic E-state index is -4.66. The van der Waals surface area contributed by atoms with Crippen LogP contribution in [0.5, 0.6) is 5.75 Å². The molecule has 0 aliphatic heterocycles. The van der Waals surface area contributed by atoms with Gasteiger partial charge in [-0.15, -0.1) is 0 Å². The van der Waals surface area contributed by atoms with Gasteiger partial charge in [0.15, 0.2) is 5.69 Å². The van der Waals surface area contributed by atoms with E-state index in [1.807, 2.05) is 0 Å². The predicted molar refractivity (Wildman–Crippen MR) is 114 cm³/mol. The van der Waals surface area contributed by atoms with Crippen molar-refractivity contribution < 1.29 is 37.0 Å². The SMILES string of the molecule is CCOC(=O)c1cncn1-c1cc(OCCOC)cc(C(=O)Nc2ccnc(C(F)(F)F)c2)c1. The third kappa shape index (κ3) is 6.10. The molecule has 3 aromatic rings. The highest BCUT2D eigenvalue weighted by Gasteiger charge is 2.32. The Morgan fingerprint density at radius 1 is 1.15 bits per heavy atom. The summed E-state index contributed by atoms with van der Waals surface area (Å²) in [4.78, 5) is 32.4. The first-order valence-corrected chi connectivity index (χ1v) is 10.0. The molecule has 0 unspecified atom stereocenters. The lowest BCUT2D eigenvalue weighted by Crippen LogP contribution is -2.16. The number of carbonyl (C=O) groups is 2. The molecule has 9 nitrogen and oxygen atoms in total. The highest BCUT2D eigenvalue weighted by molar-refractivity contribution is 6.05. The number of rotatable bonds is 9. The van der Waals surface area contributed by atoms with Gasteiger partial charge >= 0.3 is 12.1 Å². The number of nitrogens with one attached hydrogen (secondary N) is 1. The van der Waals surface area contributed by atoms with E-state index in [2.05, 4.69) is 15.3 Å². The molecule has 2 heterocycles. The Balaban J connectivity index is 1.96. The number of imidazole rings is 1. The Labute approximate surface area is 192 Å². The highest BCUT2D eigenvalue weighted by atomic mass is 19.4. The molecule has 0 aliphatic carbocycles. The summed E-state index contributed by atoms with van der Waals surface area (Å²) < 4.78 is 55.9. The summed E-state index contributed by atoms with van der Waals surface area (Å²) in [5.41, 5.74) is -0.689. The van der Waals surface area contributed by atoms with Crippen molar-refractivity contribution in [1.29, 1.82) is 0 Å². The number of esters is 1. The zero-order chi connectivity index (χ0) is 24.7. The minimum Gasteiger partial charge on any atom is -0.491 e. The van der Waals surface area contributed by atoms with Crippen LogP contribution in [0.4, 0.5) is 18.9 Å². The Bertz CT molecular complexity index is 1160. The molecule has 0 fully saturated rings. The molecule has 1 N–H and O–H groups in total. The second-order valence-corrected chi connectivity index (χ2v) is 6.81. The first kappa shape index (κ1) is 24.7. The summed E-state index contributed by atoms with van der Waals surface area (Å²) in [7, 11) is 1.50. The number of pyridine rings is 1. The monoisotopic (exact) mass is 478 g/mol.